The number of likely N-dealkylation sites (N-methyl/N-ethyl adjacent to an activating group) is 1. The van der Waals surface area contributed by atoms with Gasteiger partial charge in [-0.2, -0.15) is 26.3 Å². The van der Waals surface area contributed by atoms with Crippen molar-refractivity contribution in [3.63, 3.8) is 0 Å². The fourth-order valence-electron chi connectivity index (χ4n) is 3.49. The van der Waals surface area contributed by atoms with Crippen LogP contribution < -0.4 is 0 Å². The van der Waals surface area contributed by atoms with Gasteiger partial charge in [-0.05, 0) is 39.1 Å². The van der Waals surface area contributed by atoms with E-state index in [-0.39, 0.29) is 5.60 Å². The van der Waals surface area contributed by atoms with Gasteiger partial charge >= 0.3 is 24.3 Å². The SMILES string of the molecule is CN(C)CC1CCC2(COCCN(Cc3ccccn3)C2)O1.O=C(O)C(F)(F)F.O=C(O)C(F)(F)F. The van der Waals surface area contributed by atoms with Crippen LogP contribution in [0.1, 0.15) is 18.5 Å². The number of halogens is 6. The molecule has 0 amide bonds. The lowest BCUT2D eigenvalue weighted by atomic mass is 10.00. The summed E-state index contributed by atoms with van der Waals surface area (Å²) in [5.74, 6) is -5.51. The number of rotatable bonds is 4. The maximum Gasteiger partial charge on any atom is 0.490 e. The summed E-state index contributed by atoms with van der Waals surface area (Å²) in [4.78, 5) is 26.9. The van der Waals surface area contributed by atoms with Gasteiger partial charge in [-0.25, -0.2) is 9.59 Å². The average Bonchev–Trinajstić information content (AvgIpc) is 3.01. The number of alkyl halides is 6. The molecule has 2 N–H and O–H groups in total. The Morgan fingerprint density at radius 2 is 1.72 bits per heavy atom. The number of pyridine rings is 1. The van der Waals surface area contributed by atoms with Crippen molar-refractivity contribution in [3.05, 3.63) is 30.1 Å². The maximum atomic E-state index is 10.6. The second kappa shape index (κ2) is 13.7. The van der Waals surface area contributed by atoms with Crippen LogP contribution in [0.4, 0.5) is 26.3 Å². The Labute approximate surface area is 203 Å². The molecule has 0 aromatic carbocycles. The van der Waals surface area contributed by atoms with Crippen LogP contribution >= 0.6 is 0 Å². The second-order valence-corrected chi connectivity index (χ2v) is 8.41. The van der Waals surface area contributed by atoms with E-state index in [2.05, 4.69) is 34.9 Å². The highest BCUT2D eigenvalue weighted by molar-refractivity contribution is 5.73. The number of carbonyl (C=O) groups is 2. The van der Waals surface area contributed by atoms with E-state index in [0.29, 0.717) is 6.10 Å². The van der Waals surface area contributed by atoms with Gasteiger partial charge < -0.3 is 24.6 Å². The normalized spacial score (nSPS) is 22.8. The van der Waals surface area contributed by atoms with Crippen molar-refractivity contribution in [2.75, 3.05) is 46.9 Å². The molecule has 15 heteroatoms. The first-order valence-electron chi connectivity index (χ1n) is 10.7. The predicted molar refractivity (Wildman–Crippen MR) is 113 cm³/mol. The molecule has 0 radical (unpaired) electrons. The number of carboxylic acid groups (broad SMARTS) is 2. The average molecular weight is 533 g/mol. The van der Waals surface area contributed by atoms with Crippen LogP contribution in [0.2, 0.25) is 0 Å². The number of ether oxygens (including phenoxy) is 2. The number of aliphatic carboxylic acids is 2. The largest absolute Gasteiger partial charge is 0.490 e. The summed E-state index contributed by atoms with van der Waals surface area (Å²) < 4.78 is 75.7. The lowest BCUT2D eigenvalue weighted by Crippen LogP contribution is -2.45. The first-order valence-corrected chi connectivity index (χ1v) is 10.7. The molecule has 9 nitrogen and oxygen atoms in total. The molecule has 2 aliphatic rings. The van der Waals surface area contributed by atoms with E-state index in [9.17, 15) is 26.3 Å². The second-order valence-electron chi connectivity index (χ2n) is 8.41. The van der Waals surface area contributed by atoms with Gasteiger partial charge in [0, 0.05) is 32.4 Å². The van der Waals surface area contributed by atoms with Gasteiger partial charge in [-0.1, -0.05) is 6.07 Å². The van der Waals surface area contributed by atoms with E-state index in [4.69, 9.17) is 29.3 Å². The quantitative estimate of drug-likeness (QED) is 0.564. The van der Waals surface area contributed by atoms with Crippen molar-refractivity contribution in [2.45, 2.75) is 43.4 Å². The summed E-state index contributed by atoms with van der Waals surface area (Å²) in [5, 5.41) is 14.2. The molecule has 2 aliphatic heterocycles. The van der Waals surface area contributed by atoms with Gasteiger partial charge in [0.2, 0.25) is 0 Å². The summed E-state index contributed by atoms with van der Waals surface area (Å²) in [5.41, 5.74) is 0.980. The van der Waals surface area contributed by atoms with Crippen molar-refractivity contribution in [2.24, 2.45) is 0 Å². The van der Waals surface area contributed by atoms with Gasteiger partial charge in [0.1, 0.15) is 5.60 Å². The molecule has 2 unspecified atom stereocenters. The smallest absolute Gasteiger partial charge is 0.475 e. The summed E-state index contributed by atoms with van der Waals surface area (Å²) >= 11 is 0. The number of carboxylic acids is 2. The number of hydrogen-bond donors (Lipinski definition) is 2. The molecule has 206 valence electrons. The minimum Gasteiger partial charge on any atom is -0.475 e. The molecule has 0 aliphatic carbocycles. The highest BCUT2D eigenvalue weighted by Gasteiger charge is 2.43. The lowest BCUT2D eigenvalue weighted by molar-refractivity contribution is -0.193. The molecular formula is C21H29F6N3O6. The molecule has 1 aromatic heterocycles. The zero-order valence-corrected chi connectivity index (χ0v) is 19.7. The van der Waals surface area contributed by atoms with Gasteiger partial charge in [-0.15, -0.1) is 0 Å². The number of nitrogens with zero attached hydrogens (tertiary/aromatic N) is 3. The molecule has 0 saturated carbocycles. The fourth-order valence-corrected chi connectivity index (χ4v) is 3.49. The van der Waals surface area contributed by atoms with E-state index in [1.807, 2.05) is 18.3 Å². The van der Waals surface area contributed by atoms with Crippen LogP contribution in [-0.4, -0.2) is 108 Å². The fraction of sp³-hybridized carbons (Fsp3) is 0.667. The van der Waals surface area contributed by atoms with Crippen molar-refractivity contribution < 1.29 is 55.6 Å². The molecule has 3 rings (SSSR count). The van der Waals surface area contributed by atoms with Crippen molar-refractivity contribution in [1.82, 2.24) is 14.8 Å². The predicted octanol–water partition coefficient (Wildman–Crippen LogP) is 2.66. The lowest BCUT2D eigenvalue weighted by Gasteiger charge is -2.32. The molecule has 2 atom stereocenters. The van der Waals surface area contributed by atoms with Crippen LogP contribution in [0.5, 0.6) is 0 Å². The van der Waals surface area contributed by atoms with Crippen molar-refractivity contribution in [3.8, 4) is 0 Å². The number of hydrogen-bond acceptors (Lipinski definition) is 7. The standard InChI is InChI=1S/C17H27N3O2.2C2HF3O2/c1-19(2)12-16-6-7-17(22-16)13-20(9-10-21-14-17)11-15-5-3-4-8-18-15;2*3-2(4,5)1(6)7/h3-5,8,16H,6-7,9-14H2,1-2H3;2*(H,6,7). The molecule has 3 heterocycles. The van der Waals surface area contributed by atoms with Crippen molar-refractivity contribution in [1.29, 1.82) is 0 Å². The molecule has 2 fully saturated rings. The first-order chi connectivity index (χ1) is 16.5. The number of aromatic nitrogens is 1. The molecule has 36 heavy (non-hydrogen) atoms. The Hall–Kier alpha value is -2.49. The Balaban J connectivity index is 0.000000383. The third-order valence-corrected chi connectivity index (χ3v) is 4.93. The minimum atomic E-state index is -5.08. The van der Waals surface area contributed by atoms with Crippen LogP contribution in [0, 0.1) is 0 Å². The van der Waals surface area contributed by atoms with Crippen LogP contribution in [0.25, 0.3) is 0 Å². The zero-order valence-electron chi connectivity index (χ0n) is 19.7. The highest BCUT2D eigenvalue weighted by atomic mass is 19.4. The third kappa shape index (κ3) is 12.0. The maximum absolute atomic E-state index is 10.6. The van der Waals surface area contributed by atoms with Crippen LogP contribution in [-0.2, 0) is 25.6 Å². The van der Waals surface area contributed by atoms with E-state index in [1.165, 1.54) is 0 Å². The van der Waals surface area contributed by atoms with E-state index in [1.54, 1.807) is 0 Å². The highest BCUT2D eigenvalue weighted by Crippen LogP contribution is 2.33. The van der Waals surface area contributed by atoms with Gasteiger partial charge in [0.25, 0.3) is 0 Å². The Morgan fingerprint density at radius 1 is 1.14 bits per heavy atom. The van der Waals surface area contributed by atoms with Gasteiger partial charge in [-0.3, -0.25) is 9.88 Å². The van der Waals surface area contributed by atoms with E-state index >= 15 is 0 Å². The van der Waals surface area contributed by atoms with Gasteiger partial charge in [0.15, 0.2) is 0 Å². The molecule has 2 saturated heterocycles. The minimum absolute atomic E-state index is 0.133. The first kappa shape index (κ1) is 31.5. The van der Waals surface area contributed by atoms with E-state index < -0.39 is 24.3 Å². The van der Waals surface area contributed by atoms with Gasteiger partial charge in [0.05, 0.1) is 25.0 Å². The third-order valence-electron chi connectivity index (χ3n) is 4.93. The topological polar surface area (TPSA) is 112 Å². The van der Waals surface area contributed by atoms with Crippen LogP contribution in [0.3, 0.4) is 0 Å². The summed E-state index contributed by atoms with van der Waals surface area (Å²) in [6.45, 7) is 5.23. The zero-order chi connectivity index (χ0) is 27.6. The molecular weight excluding hydrogens is 504 g/mol. The Bertz CT molecular complexity index is 801. The molecule has 1 aromatic rings. The summed E-state index contributed by atoms with van der Waals surface area (Å²) in [7, 11) is 4.21. The van der Waals surface area contributed by atoms with Crippen LogP contribution in [0.15, 0.2) is 24.4 Å². The Kier molecular flexibility index (Phi) is 12.0. The molecule has 0 bridgehead atoms. The summed E-state index contributed by atoms with van der Waals surface area (Å²) in [6.07, 6.45) is -5.77. The van der Waals surface area contributed by atoms with Crippen molar-refractivity contribution >= 4 is 11.9 Å². The summed E-state index contributed by atoms with van der Waals surface area (Å²) in [6, 6.07) is 6.09. The monoisotopic (exact) mass is 533 g/mol. The van der Waals surface area contributed by atoms with E-state index in [0.717, 1.165) is 57.9 Å². The molecule has 1 spiro atoms. The Morgan fingerprint density at radius 3 is 2.19 bits per heavy atom.